The third kappa shape index (κ3) is 5.02. The lowest BCUT2D eigenvalue weighted by Gasteiger charge is -2.28. The fourth-order valence-electron chi connectivity index (χ4n) is 6.41. The van der Waals surface area contributed by atoms with Gasteiger partial charge in [-0.05, 0) is 78.5 Å². The monoisotopic (exact) mass is 504 g/mol. The predicted molar refractivity (Wildman–Crippen MR) is 142 cm³/mol. The van der Waals surface area contributed by atoms with E-state index in [-0.39, 0.29) is 46.3 Å². The van der Waals surface area contributed by atoms with Gasteiger partial charge in [0.15, 0.2) is 11.5 Å². The molecule has 37 heavy (non-hydrogen) atoms. The molecule has 2 saturated carbocycles. The minimum Gasteiger partial charge on any atom is -0.508 e. The van der Waals surface area contributed by atoms with Crippen molar-refractivity contribution < 1.29 is 30.6 Å². The molecule has 0 aromatic heterocycles. The third-order valence-electron chi connectivity index (χ3n) is 8.40. The second kappa shape index (κ2) is 10.4. The van der Waals surface area contributed by atoms with Crippen molar-refractivity contribution in [3.05, 3.63) is 70.3 Å². The smallest absolute Gasteiger partial charge is 0.157 e. The molecule has 6 N–H and O–H groups in total. The highest BCUT2D eigenvalue weighted by Gasteiger charge is 2.30. The van der Waals surface area contributed by atoms with Crippen LogP contribution in [0.15, 0.2) is 42.5 Å². The topological polar surface area (TPSA) is 121 Å². The number of phenolic OH excluding ortho intramolecular Hbond substituents is 6. The Labute approximate surface area is 217 Å². The Morgan fingerprint density at radius 2 is 0.919 bits per heavy atom. The van der Waals surface area contributed by atoms with Crippen molar-refractivity contribution >= 4 is 0 Å². The van der Waals surface area contributed by atoms with E-state index in [0.717, 1.165) is 62.5 Å². The van der Waals surface area contributed by atoms with Gasteiger partial charge in [-0.1, -0.05) is 44.6 Å². The molecule has 0 amide bonds. The van der Waals surface area contributed by atoms with E-state index < -0.39 is 5.92 Å². The number of benzene rings is 3. The van der Waals surface area contributed by atoms with Crippen LogP contribution in [0.25, 0.3) is 0 Å². The predicted octanol–water partition coefficient (Wildman–Crippen LogP) is 7.20. The summed E-state index contributed by atoms with van der Waals surface area (Å²) in [7, 11) is 0. The number of aromatic hydroxyl groups is 6. The first kappa shape index (κ1) is 25.1. The van der Waals surface area contributed by atoms with Crippen LogP contribution < -0.4 is 0 Å². The summed E-state index contributed by atoms with van der Waals surface area (Å²) >= 11 is 0. The number of hydrogen-bond donors (Lipinski definition) is 6. The van der Waals surface area contributed by atoms with Crippen LogP contribution in [0.1, 0.15) is 110 Å². The Balaban J connectivity index is 1.70. The SMILES string of the molecule is Oc1ccc(C(c2cc(C3CCCCC3)c(O)cc2O)c2cc(C3CCCCC3)c(O)cc2O)cc1O. The average Bonchev–Trinajstić information content (AvgIpc) is 2.89. The first-order valence-corrected chi connectivity index (χ1v) is 13.5. The van der Waals surface area contributed by atoms with Gasteiger partial charge in [-0.25, -0.2) is 0 Å². The van der Waals surface area contributed by atoms with E-state index in [2.05, 4.69) is 0 Å². The zero-order valence-corrected chi connectivity index (χ0v) is 21.0. The van der Waals surface area contributed by atoms with Crippen molar-refractivity contribution in [2.24, 2.45) is 0 Å². The van der Waals surface area contributed by atoms with Gasteiger partial charge in [-0.3, -0.25) is 0 Å². The molecule has 196 valence electrons. The van der Waals surface area contributed by atoms with Gasteiger partial charge < -0.3 is 30.6 Å². The Morgan fingerprint density at radius 1 is 0.459 bits per heavy atom. The summed E-state index contributed by atoms with van der Waals surface area (Å²) in [5, 5.41) is 64.0. The average molecular weight is 505 g/mol. The molecule has 5 rings (SSSR count). The standard InChI is InChI=1S/C31H36O6/c32-25-12-11-20(13-30(25)37)31(23-14-21(26(33)16-28(23)35)18-7-3-1-4-8-18)24-15-22(27(34)17-29(24)36)19-9-5-2-6-10-19/h11-19,31-37H,1-10H2. The molecular formula is C31H36O6. The van der Waals surface area contributed by atoms with Crippen LogP contribution in [0.5, 0.6) is 34.5 Å². The molecule has 0 spiro atoms. The van der Waals surface area contributed by atoms with Crippen molar-refractivity contribution in [2.75, 3.05) is 0 Å². The lowest BCUT2D eigenvalue weighted by molar-refractivity contribution is 0.401. The van der Waals surface area contributed by atoms with E-state index in [1.54, 1.807) is 6.07 Å². The highest BCUT2D eigenvalue weighted by Crippen LogP contribution is 2.49. The van der Waals surface area contributed by atoms with Crippen LogP contribution in [0.4, 0.5) is 0 Å². The van der Waals surface area contributed by atoms with Crippen molar-refractivity contribution in [1.29, 1.82) is 0 Å². The van der Waals surface area contributed by atoms with Gasteiger partial charge in [0.2, 0.25) is 0 Å². The molecule has 2 aliphatic rings. The number of phenols is 6. The second-order valence-electron chi connectivity index (χ2n) is 10.8. The lowest BCUT2D eigenvalue weighted by Crippen LogP contribution is -2.10. The summed E-state index contributed by atoms with van der Waals surface area (Å²) < 4.78 is 0. The molecule has 6 heteroatoms. The molecule has 0 aliphatic heterocycles. The summed E-state index contributed by atoms with van der Waals surface area (Å²) in [6.45, 7) is 0. The van der Waals surface area contributed by atoms with Gasteiger partial charge in [0.05, 0.1) is 0 Å². The van der Waals surface area contributed by atoms with E-state index in [1.807, 2.05) is 12.1 Å². The van der Waals surface area contributed by atoms with E-state index in [9.17, 15) is 30.6 Å². The van der Waals surface area contributed by atoms with Crippen molar-refractivity contribution in [3.63, 3.8) is 0 Å². The quantitative estimate of drug-likeness (QED) is 0.161. The van der Waals surface area contributed by atoms with Crippen LogP contribution in [0.3, 0.4) is 0 Å². The van der Waals surface area contributed by atoms with Gasteiger partial charge in [0.1, 0.15) is 23.0 Å². The normalized spacial score (nSPS) is 17.3. The largest absolute Gasteiger partial charge is 0.508 e. The van der Waals surface area contributed by atoms with Crippen LogP contribution in [-0.4, -0.2) is 30.6 Å². The fraction of sp³-hybridized carbons (Fsp3) is 0.419. The molecule has 3 aromatic rings. The van der Waals surface area contributed by atoms with E-state index in [0.29, 0.717) is 16.7 Å². The minimum atomic E-state index is -0.711. The highest BCUT2D eigenvalue weighted by molar-refractivity contribution is 5.60. The molecule has 2 aliphatic carbocycles. The Bertz CT molecular complexity index is 1200. The Kier molecular flexibility index (Phi) is 7.09. The summed E-state index contributed by atoms with van der Waals surface area (Å²) in [5.41, 5.74) is 3.07. The molecular weight excluding hydrogens is 468 g/mol. The van der Waals surface area contributed by atoms with Gasteiger partial charge in [0, 0.05) is 29.2 Å². The fourth-order valence-corrected chi connectivity index (χ4v) is 6.41. The Morgan fingerprint density at radius 3 is 1.35 bits per heavy atom. The summed E-state index contributed by atoms with van der Waals surface area (Å²) in [6.07, 6.45) is 10.5. The summed E-state index contributed by atoms with van der Waals surface area (Å²) in [5.74, 6) is -1.07. The minimum absolute atomic E-state index is 0.0540. The summed E-state index contributed by atoms with van der Waals surface area (Å²) in [4.78, 5) is 0. The zero-order chi connectivity index (χ0) is 26.1. The molecule has 3 aromatic carbocycles. The number of hydrogen-bond acceptors (Lipinski definition) is 6. The summed E-state index contributed by atoms with van der Waals surface area (Å²) in [6, 6.07) is 10.8. The molecule has 0 radical (unpaired) electrons. The van der Waals surface area contributed by atoms with Gasteiger partial charge >= 0.3 is 0 Å². The van der Waals surface area contributed by atoms with Gasteiger partial charge in [-0.2, -0.15) is 0 Å². The zero-order valence-electron chi connectivity index (χ0n) is 21.0. The Hall–Kier alpha value is -3.54. The first-order chi connectivity index (χ1) is 17.8. The second-order valence-corrected chi connectivity index (χ2v) is 10.8. The molecule has 0 bridgehead atoms. The molecule has 6 nitrogen and oxygen atoms in total. The van der Waals surface area contributed by atoms with E-state index in [1.165, 1.54) is 37.1 Å². The molecule has 0 unspecified atom stereocenters. The number of rotatable bonds is 5. The van der Waals surface area contributed by atoms with E-state index >= 15 is 0 Å². The third-order valence-corrected chi connectivity index (χ3v) is 8.40. The molecule has 0 atom stereocenters. The van der Waals surface area contributed by atoms with Crippen molar-refractivity contribution in [2.45, 2.75) is 82.0 Å². The van der Waals surface area contributed by atoms with Gasteiger partial charge in [-0.15, -0.1) is 0 Å². The van der Waals surface area contributed by atoms with Crippen LogP contribution >= 0.6 is 0 Å². The first-order valence-electron chi connectivity index (χ1n) is 13.5. The molecule has 2 fully saturated rings. The van der Waals surface area contributed by atoms with Crippen LogP contribution in [0.2, 0.25) is 0 Å². The molecule has 0 heterocycles. The van der Waals surface area contributed by atoms with Gasteiger partial charge in [0.25, 0.3) is 0 Å². The van der Waals surface area contributed by atoms with Crippen LogP contribution in [-0.2, 0) is 0 Å². The molecule has 0 saturated heterocycles. The van der Waals surface area contributed by atoms with Crippen LogP contribution in [0, 0.1) is 0 Å². The van der Waals surface area contributed by atoms with E-state index in [4.69, 9.17) is 0 Å². The van der Waals surface area contributed by atoms with Crippen molar-refractivity contribution in [3.8, 4) is 34.5 Å². The maximum Gasteiger partial charge on any atom is 0.157 e. The van der Waals surface area contributed by atoms with Crippen molar-refractivity contribution in [1.82, 2.24) is 0 Å². The highest BCUT2D eigenvalue weighted by atomic mass is 16.3. The lowest BCUT2D eigenvalue weighted by atomic mass is 9.77. The maximum atomic E-state index is 11.1. The maximum absolute atomic E-state index is 11.1.